The highest BCUT2D eigenvalue weighted by Crippen LogP contribution is 2.27. The third-order valence-corrected chi connectivity index (χ3v) is 4.16. The number of hydrogen-bond donors (Lipinski definition) is 2. The molecule has 2 rings (SSSR count). The fraction of sp³-hybridized carbons (Fsp3) is 0.364. The van der Waals surface area contributed by atoms with Gasteiger partial charge >= 0.3 is 5.97 Å². The summed E-state index contributed by atoms with van der Waals surface area (Å²) in [6.07, 6.45) is 1.24. The first-order valence-electron chi connectivity index (χ1n) is 9.37. The van der Waals surface area contributed by atoms with Crippen LogP contribution < -0.4 is 14.8 Å². The van der Waals surface area contributed by atoms with E-state index in [0.29, 0.717) is 30.2 Å². The Bertz CT molecular complexity index is 811. The van der Waals surface area contributed by atoms with Crippen molar-refractivity contribution in [1.29, 1.82) is 0 Å². The van der Waals surface area contributed by atoms with Crippen LogP contribution in [0.1, 0.15) is 36.5 Å². The number of hydrogen-bond acceptors (Lipinski definition) is 4. The molecule has 0 heterocycles. The van der Waals surface area contributed by atoms with Crippen molar-refractivity contribution in [3.63, 3.8) is 0 Å². The van der Waals surface area contributed by atoms with Gasteiger partial charge < -0.3 is 19.9 Å². The molecule has 6 nitrogen and oxygen atoms in total. The van der Waals surface area contributed by atoms with Crippen molar-refractivity contribution >= 4 is 17.6 Å². The van der Waals surface area contributed by atoms with Gasteiger partial charge in [0.25, 0.3) is 5.91 Å². The van der Waals surface area contributed by atoms with E-state index >= 15 is 0 Å². The van der Waals surface area contributed by atoms with Crippen LogP contribution >= 0.6 is 0 Å². The molecule has 0 aliphatic rings. The number of carboxylic acids is 1. The smallest absolute Gasteiger partial charge is 0.303 e. The average Bonchev–Trinajstić information content (AvgIpc) is 2.65. The summed E-state index contributed by atoms with van der Waals surface area (Å²) < 4.78 is 11.4. The van der Waals surface area contributed by atoms with Crippen molar-refractivity contribution in [2.45, 2.75) is 40.0 Å². The van der Waals surface area contributed by atoms with Gasteiger partial charge in [0.2, 0.25) is 0 Å². The number of para-hydroxylation sites is 1. The summed E-state index contributed by atoms with van der Waals surface area (Å²) in [5.74, 6) is 0.0925. The van der Waals surface area contributed by atoms with Gasteiger partial charge in [0.1, 0.15) is 11.5 Å². The molecular formula is C22H27NO5. The monoisotopic (exact) mass is 385 g/mol. The summed E-state index contributed by atoms with van der Waals surface area (Å²) >= 11 is 0. The number of nitrogens with one attached hydrogen (secondary N) is 1. The first-order chi connectivity index (χ1) is 13.4. The Morgan fingerprint density at radius 2 is 1.79 bits per heavy atom. The summed E-state index contributed by atoms with van der Waals surface area (Å²) in [6, 6.07) is 11.1. The Morgan fingerprint density at radius 1 is 1.07 bits per heavy atom. The molecule has 0 spiro atoms. The molecule has 0 bridgehead atoms. The fourth-order valence-corrected chi connectivity index (χ4v) is 2.77. The Balaban J connectivity index is 2.09. The molecule has 0 atom stereocenters. The van der Waals surface area contributed by atoms with Crippen molar-refractivity contribution in [2.75, 3.05) is 18.5 Å². The van der Waals surface area contributed by atoms with E-state index in [4.69, 9.17) is 14.6 Å². The zero-order chi connectivity index (χ0) is 20.5. The van der Waals surface area contributed by atoms with E-state index in [1.165, 1.54) is 0 Å². The largest absolute Gasteiger partial charge is 0.491 e. The maximum absolute atomic E-state index is 12.4. The first-order valence-corrected chi connectivity index (χ1v) is 9.37. The summed E-state index contributed by atoms with van der Waals surface area (Å²) in [5, 5.41) is 11.7. The minimum Gasteiger partial charge on any atom is -0.491 e. The Labute approximate surface area is 165 Å². The molecule has 28 heavy (non-hydrogen) atoms. The SMILES string of the molecule is CCCOc1ccc(CCC(=O)O)cc1NC(=O)COc1c(C)cccc1C. The van der Waals surface area contributed by atoms with Crippen molar-refractivity contribution in [1.82, 2.24) is 0 Å². The lowest BCUT2D eigenvalue weighted by molar-refractivity contribution is -0.137. The summed E-state index contributed by atoms with van der Waals surface area (Å²) in [6.45, 7) is 6.26. The van der Waals surface area contributed by atoms with E-state index in [0.717, 1.165) is 23.1 Å². The zero-order valence-electron chi connectivity index (χ0n) is 16.6. The quantitative estimate of drug-likeness (QED) is 0.642. The molecule has 0 radical (unpaired) electrons. The topological polar surface area (TPSA) is 84.9 Å². The molecule has 0 aliphatic heterocycles. The van der Waals surface area contributed by atoms with Gasteiger partial charge in [-0.15, -0.1) is 0 Å². The third-order valence-electron chi connectivity index (χ3n) is 4.16. The molecule has 1 amide bonds. The van der Waals surface area contributed by atoms with E-state index < -0.39 is 5.97 Å². The zero-order valence-corrected chi connectivity index (χ0v) is 16.6. The number of aliphatic carboxylic acids is 1. The molecule has 0 fully saturated rings. The van der Waals surface area contributed by atoms with Crippen LogP contribution in [0.5, 0.6) is 11.5 Å². The number of aryl methyl sites for hydroxylation is 3. The minimum absolute atomic E-state index is 0.0260. The van der Waals surface area contributed by atoms with Crippen LogP contribution in [0.2, 0.25) is 0 Å². The second-order valence-electron chi connectivity index (χ2n) is 6.63. The van der Waals surface area contributed by atoms with Crippen LogP contribution in [0.25, 0.3) is 0 Å². The highest BCUT2D eigenvalue weighted by molar-refractivity contribution is 5.93. The molecule has 2 aromatic rings. The van der Waals surface area contributed by atoms with Gasteiger partial charge in [0.05, 0.1) is 12.3 Å². The number of anilines is 1. The lowest BCUT2D eigenvalue weighted by atomic mass is 10.1. The van der Waals surface area contributed by atoms with Gasteiger partial charge in [-0.25, -0.2) is 0 Å². The van der Waals surface area contributed by atoms with Gasteiger partial charge in [0, 0.05) is 6.42 Å². The van der Waals surface area contributed by atoms with Crippen molar-refractivity contribution in [2.24, 2.45) is 0 Å². The molecule has 150 valence electrons. The number of carbonyl (C=O) groups excluding carboxylic acids is 1. The fourth-order valence-electron chi connectivity index (χ4n) is 2.77. The van der Waals surface area contributed by atoms with Gasteiger partial charge in [-0.1, -0.05) is 31.2 Å². The Morgan fingerprint density at radius 3 is 2.43 bits per heavy atom. The number of carbonyl (C=O) groups is 2. The summed E-state index contributed by atoms with van der Waals surface area (Å²) in [5.41, 5.74) is 3.27. The van der Waals surface area contributed by atoms with Gasteiger partial charge in [-0.2, -0.15) is 0 Å². The van der Waals surface area contributed by atoms with E-state index in [2.05, 4.69) is 5.32 Å². The highest BCUT2D eigenvalue weighted by atomic mass is 16.5. The molecule has 6 heteroatoms. The summed E-state index contributed by atoms with van der Waals surface area (Å²) in [4.78, 5) is 23.2. The predicted molar refractivity (Wildman–Crippen MR) is 108 cm³/mol. The van der Waals surface area contributed by atoms with Gasteiger partial charge in [-0.05, 0) is 55.5 Å². The van der Waals surface area contributed by atoms with E-state index in [1.54, 1.807) is 12.1 Å². The average molecular weight is 385 g/mol. The van der Waals surface area contributed by atoms with Crippen LogP contribution in [-0.2, 0) is 16.0 Å². The molecule has 0 saturated carbocycles. The highest BCUT2D eigenvalue weighted by Gasteiger charge is 2.12. The van der Waals surface area contributed by atoms with E-state index in [-0.39, 0.29) is 18.9 Å². The maximum Gasteiger partial charge on any atom is 0.303 e. The van der Waals surface area contributed by atoms with Crippen LogP contribution in [0.3, 0.4) is 0 Å². The minimum atomic E-state index is -0.862. The first kappa shape index (κ1) is 21.3. The van der Waals surface area contributed by atoms with Crippen LogP contribution in [0.4, 0.5) is 5.69 Å². The second kappa shape index (κ2) is 10.3. The number of amides is 1. The van der Waals surface area contributed by atoms with Gasteiger partial charge in [0.15, 0.2) is 6.61 Å². The van der Waals surface area contributed by atoms with E-state index in [1.807, 2.05) is 45.0 Å². The Hall–Kier alpha value is -3.02. The second-order valence-corrected chi connectivity index (χ2v) is 6.63. The molecule has 0 unspecified atom stereocenters. The van der Waals surface area contributed by atoms with Gasteiger partial charge in [-0.3, -0.25) is 9.59 Å². The van der Waals surface area contributed by atoms with Crippen molar-refractivity contribution in [3.05, 3.63) is 53.1 Å². The number of rotatable bonds is 10. The number of carboxylic acid groups (broad SMARTS) is 1. The molecule has 2 N–H and O–H groups in total. The van der Waals surface area contributed by atoms with E-state index in [9.17, 15) is 9.59 Å². The predicted octanol–water partition coefficient (Wildman–Crippen LogP) is 4.13. The Kier molecular flexibility index (Phi) is 7.87. The molecule has 0 aromatic heterocycles. The molecular weight excluding hydrogens is 358 g/mol. The van der Waals surface area contributed by atoms with Crippen molar-refractivity contribution < 1.29 is 24.2 Å². The lowest BCUT2D eigenvalue weighted by Gasteiger charge is -2.15. The molecule has 0 saturated heterocycles. The third kappa shape index (κ3) is 6.30. The van der Waals surface area contributed by atoms with Crippen LogP contribution in [-0.4, -0.2) is 30.2 Å². The lowest BCUT2D eigenvalue weighted by Crippen LogP contribution is -2.21. The van der Waals surface area contributed by atoms with Crippen LogP contribution in [0.15, 0.2) is 36.4 Å². The van der Waals surface area contributed by atoms with Crippen molar-refractivity contribution in [3.8, 4) is 11.5 Å². The normalized spacial score (nSPS) is 10.4. The molecule has 0 aliphatic carbocycles. The van der Waals surface area contributed by atoms with Crippen LogP contribution in [0, 0.1) is 13.8 Å². The maximum atomic E-state index is 12.4. The standard InChI is InChI=1S/C22H27NO5/c1-4-12-27-19-10-8-17(9-11-21(25)26)13-18(19)23-20(24)14-28-22-15(2)6-5-7-16(22)3/h5-8,10,13H,4,9,11-12,14H2,1-3H3,(H,23,24)(H,25,26). The number of benzene rings is 2. The summed E-state index contributed by atoms with van der Waals surface area (Å²) in [7, 11) is 0. The molecule has 2 aromatic carbocycles. The number of ether oxygens (including phenoxy) is 2.